The van der Waals surface area contributed by atoms with Crippen molar-refractivity contribution in [1.29, 1.82) is 0 Å². The van der Waals surface area contributed by atoms with Crippen molar-refractivity contribution in [3.63, 3.8) is 0 Å². The first-order valence-corrected chi connectivity index (χ1v) is 9.86. The van der Waals surface area contributed by atoms with Crippen molar-refractivity contribution in [2.24, 2.45) is 0 Å². The van der Waals surface area contributed by atoms with Crippen LogP contribution in [0.25, 0.3) is 0 Å². The number of imide groups is 2. The Balaban J connectivity index is 1.50. The summed E-state index contributed by atoms with van der Waals surface area (Å²) in [5.41, 5.74) is 0.129. The molecule has 2 aliphatic rings. The lowest BCUT2D eigenvalue weighted by Crippen LogP contribution is -2.54. The smallest absolute Gasteiger partial charge is 0.266 e. The number of anilines is 1. The van der Waals surface area contributed by atoms with Gasteiger partial charge in [-0.2, -0.15) is 0 Å². The van der Waals surface area contributed by atoms with Crippen LogP contribution in [0.5, 0.6) is 5.75 Å². The summed E-state index contributed by atoms with van der Waals surface area (Å²) >= 11 is 5.88. The molecule has 0 saturated carbocycles. The Kier molecular flexibility index (Phi) is 5.62. The second kappa shape index (κ2) is 8.39. The third-order valence-electron chi connectivity index (χ3n) is 4.99. The van der Waals surface area contributed by atoms with Crippen molar-refractivity contribution in [2.45, 2.75) is 18.9 Å². The summed E-state index contributed by atoms with van der Waals surface area (Å²) in [5, 5.41) is 4.57. The maximum atomic E-state index is 13.1. The number of benzene rings is 2. The predicted octanol–water partition coefficient (Wildman–Crippen LogP) is 1.90. The summed E-state index contributed by atoms with van der Waals surface area (Å²) < 4.78 is 18.6. The Labute approximate surface area is 185 Å². The molecule has 1 saturated heterocycles. The molecule has 1 fully saturated rings. The summed E-state index contributed by atoms with van der Waals surface area (Å²) in [4.78, 5) is 62.3. The molecule has 2 N–H and O–H groups in total. The Hall–Kier alpha value is -3.79. The van der Waals surface area contributed by atoms with Crippen LogP contribution in [0.3, 0.4) is 0 Å². The van der Waals surface area contributed by atoms with Gasteiger partial charge in [0, 0.05) is 6.42 Å². The quantitative estimate of drug-likeness (QED) is 0.658. The zero-order valence-electron chi connectivity index (χ0n) is 16.3. The van der Waals surface area contributed by atoms with Gasteiger partial charge in [-0.05, 0) is 36.8 Å². The first-order chi connectivity index (χ1) is 15.3. The van der Waals surface area contributed by atoms with E-state index in [2.05, 4.69) is 10.6 Å². The Morgan fingerprint density at radius 2 is 1.97 bits per heavy atom. The van der Waals surface area contributed by atoms with Crippen LogP contribution in [0.2, 0.25) is 5.02 Å². The summed E-state index contributed by atoms with van der Waals surface area (Å²) in [6.07, 6.45) is 0.0203. The van der Waals surface area contributed by atoms with E-state index in [9.17, 15) is 28.4 Å². The molecule has 2 aliphatic heterocycles. The average Bonchev–Trinajstić information content (AvgIpc) is 3.00. The second-order valence-corrected chi connectivity index (χ2v) is 7.49. The van der Waals surface area contributed by atoms with Gasteiger partial charge < -0.3 is 10.1 Å². The molecule has 1 atom stereocenters. The minimum absolute atomic E-state index is 0.000362. The van der Waals surface area contributed by atoms with Gasteiger partial charge in [-0.1, -0.05) is 17.7 Å². The van der Waals surface area contributed by atoms with Gasteiger partial charge in [0.2, 0.25) is 11.8 Å². The summed E-state index contributed by atoms with van der Waals surface area (Å²) in [6.45, 7) is -0.524. The van der Waals surface area contributed by atoms with Gasteiger partial charge in [0.05, 0.1) is 21.8 Å². The lowest BCUT2D eigenvalue weighted by Gasteiger charge is -2.27. The first kappa shape index (κ1) is 21.4. The van der Waals surface area contributed by atoms with Crippen molar-refractivity contribution < 1.29 is 33.1 Å². The number of fused-ring (bicyclic) bond motifs is 1. The first-order valence-electron chi connectivity index (χ1n) is 9.48. The van der Waals surface area contributed by atoms with Crippen molar-refractivity contribution >= 4 is 46.8 Å². The van der Waals surface area contributed by atoms with Crippen LogP contribution in [-0.2, 0) is 14.4 Å². The minimum atomic E-state index is -1.11. The van der Waals surface area contributed by atoms with Gasteiger partial charge in [-0.3, -0.25) is 34.2 Å². The van der Waals surface area contributed by atoms with E-state index < -0.39 is 48.0 Å². The normalized spacial score (nSPS) is 17.8. The van der Waals surface area contributed by atoms with Crippen LogP contribution in [0.1, 0.15) is 33.6 Å². The van der Waals surface area contributed by atoms with Crippen LogP contribution in [0, 0.1) is 5.82 Å². The van der Waals surface area contributed by atoms with E-state index in [4.69, 9.17) is 16.3 Å². The van der Waals surface area contributed by atoms with Gasteiger partial charge in [-0.25, -0.2) is 4.39 Å². The minimum Gasteiger partial charge on any atom is -0.483 e. The molecule has 0 aromatic heterocycles. The SMILES string of the molecule is O=C1CCC(N2C(=O)c3cccc(OCC(=O)Nc4ccc(F)cc4Cl)c3C2=O)C(=O)N1. The molecule has 0 spiro atoms. The van der Waals surface area contributed by atoms with Crippen LogP contribution in [0.4, 0.5) is 10.1 Å². The highest BCUT2D eigenvalue weighted by Gasteiger charge is 2.46. The monoisotopic (exact) mass is 459 g/mol. The molecule has 2 aromatic carbocycles. The molecule has 32 heavy (non-hydrogen) atoms. The molecule has 2 aromatic rings. The molecule has 1 unspecified atom stereocenters. The predicted molar refractivity (Wildman–Crippen MR) is 109 cm³/mol. The van der Waals surface area contributed by atoms with E-state index in [-0.39, 0.29) is 40.4 Å². The number of ether oxygens (including phenoxy) is 1. The van der Waals surface area contributed by atoms with Crippen molar-refractivity contribution in [2.75, 3.05) is 11.9 Å². The third kappa shape index (κ3) is 3.92. The zero-order valence-corrected chi connectivity index (χ0v) is 17.1. The number of halogens is 2. The molecule has 5 amide bonds. The fourth-order valence-corrected chi connectivity index (χ4v) is 3.74. The largest absolute Gasteiger partial charge is 0.483 e. The number of carbonyl (C=O) groups is 5. The highest BCUT2D eigenvalue weighted by Crippen LogP contribution is 2.33. The zero-order chi connectivity index (χ0) is 23.0. The molecule has 9 nitrogen and oxygen atoms in total. The Morgan fingerprint density at radius 1 is 1.19 bits per heavy atom. The molecule has 0 aliphatic carbocycles. The van der Waals surface area contributed by atoms with Gasteiger partial charge >= 0.3 is 0 Å². The summed E-state index contributed by atoms with van der Waals surface area (Å²) in [5.74, 6) is -3.85. The van der Waals surface area contributed by atoms with Crippen LogP contribution < -0.4 is 15.4 Å². The van der Waals surface area contributed by atoms with E-state index in [1.807, 2.05) is 0 Å². The number of hydrogen-bond donors (Lipinski definition) is 2. The van der Waals surface area contributed by atoms with Crippen molar-refractivity contribution in [3.8, 4) is 5.75 Å². The van der Waals surface area contributed by atoms with Crippen molar-refractivity contribution in [3.05, 3.63) is 58.4 Å². The fraction of sp³-hybridized carbons (Fsp3) is 0.190. The number of rotatable bonds is 5. The molecule has 0 radical (unpaired) electrons. The number of carbonyl (C=O) groups excluding carboxylic acids is 5. The molecule has 164 valence electrons. The Bertz CT molecular complexity index is 1180. The molecule has 11 heteroatoms. The molecule has 4 rings (SSSR count). The number of hydrogen-bond acceptors (Lipinski definition) is 6. The third-order valence-corrected chi connectivity index (χ3v) is 5.31. The maximum Gasteiger partial charge on any atom is 0.266 e. The topological polar surface area (TPSA) is 122 Å². The van der Waals surface area contributed by atoms with E-state index in [0.717, 1.165) is 17.0 Å². The highest BCUT2D eigenvalue weighted by atomic mass is 35.5. The van der Waals surface area contributed by atoms with Crippen LogP contribution >= 0.6 is 11.6 Å². The van der Waals surface area contributed by atoms with E-state index in [1.54, 1.807) is 0 Å². The van der Waals surface area contributed by atoms with Gasteiger partial charge in [-0.15, -0.1) is 0 Å². The van der Waals surface area contributed by atoms with Crippen LogP contribution in [-0.4, -0.2) is 47.1 Å². The number of amides is 5. The van der Waals surface area contributed by atoms with E-state index in [0.29, 0.717) is 0 Å². The van der Waals surface area contributed by atoms with Gasteiger partial charge in [0.15, 0.2) is 6.61 Å². The molecule has 0 bridgehead atoms. The lowest BCUT2D eigenvalue weighted by molar-refractivity contribution is -0.136. The standard InChI is InChI=1S/C21H15ClFN3O6/c22-12-8-10(23)4-5-13(12)24-17(28)9-32-15-3-1-2-11-18(15)21(31)26(20(11)30)14-6-7-16(27)25-19(14)29/h1-5,8,14H,6-7,9H2,(H,24,28)(H,25,27,29). The van der Waals surface area contributed by atoms with Crippen LogP contribution in [0.15, 0.2) is 36.4 Å². The molecular formula is C21H15ClFN3O6. The lowest BCUT2D eigenvalue weighted by atomic mass is 10.0. The van der Waals surface area contributed by atoms with E-state index >= 15 is 0 Å². The fourth-order valence-electron chi connectivity index (χ4n) is 3.52. The number of nitrogens with one attached hydrogen (secondary N) is 2. The Morgan fingerprint density at radius 3 is 2.69 bits per heavy atom. The van der Waals surface area contributed by atoms with Gasteiger partial charge in [0.25, 0.3) is 17.7 Å². The number of piperidine rings is 1. The van der Waals surface area contributed by atoms with Crippen molar-refractivity contribution in [1.82, 2.24) is 10.2 Å². The van der Waals surface area contributed by atoms with E-state index in [1.165, 1.54) is 24.3 Å². The molecular weight excluding hydrogens is 445 g/mol. The average molecular weight is 460 g/mol. The van der Waals surface area contributed by atoms with Gasteiger partial charge in [0.1, 0.15) is 17.6 Å². The summed E-state index contributed by atoms with van der Waals surface area (Å²) in [6, 6.07) is 6.63. The number of nitrogens with zero attached hydrogens (tertiary/aromatic N) is 1. The molecule has 2 heterocycles. The second-order valence-electron chi connectivity index (χ2n) is 7.09. The maximum absolute atomic E-state index is 13.1. The highest BCUT2D eigenvalue weighted by molar-refractivity contribution is 6.33. The summed E-state index contributed by atoms with van der Waals surface area (Å²) in [7, 11) is 0.